The first-order valence-corrected chi connectivity index (χ1v) is 14.0. The topological polar surface area (TPSA) is 88.8 Å². The van der Waals surface area contributed by atoms with E-state index in [1.54, 1.807) is 0 Å². The first-order valence-electron chi connectivity index (χ1n) is 12.6. The van der Waals surface area contributed by atoms with E-state index >= 15 is 0 Å². The minimum atomic E-state index is -0.228. The van der Waals surface area contributed by atoms with Crippen LogP contribution >= 0.6 is 24.0 Å². The molecule has 8 nitrogen and oxygen atoms in total. The molecule has 2 aromatic heterocycles. The van der Waals surface area contributed by atoms with E-state index in [9.17, 15) is 4.79 Å². The summed E-state index contributed by atoms with van der Waals surface area (Å²) in [6.07, 6.45) is 0.668. The summed E-state index contributed by atoms with van der Waals surface area (Å²) in [6.45, 7) is 6.99. The van der Waals surface area contributed by atoms with E-state index in [4.69, 9.17) is 12.2 Å². The highest BCUT2D eigenvalue weighted by Crippen LogP contribution is 2.29. The number of fused-ring (bicyclic) bond motifs is 3. The van der Waals surface area contributed by atoms with Gasteiger partial charge in [0.05, 0.1) is 5.75 Å². The molecule has 198 valence electrons. The Hall–Kier alpha value is -4.15. The average Bonchev–Trinajstić information content (AvgIpc) is 3.51. The van der Waals surface area contributed by atoms with Gasteiger partial charge in [-0.15, -0.1) is 10.2 Å². The lowest BCUT2D eigenvalue weighted by atomic mass is 10.2. The molecule has 0 aliphatic rings. The minimum Gasteiger partial charge on any atom is -0.358 e. The van der Waals surface area contributed by atoms with Gasteiger partial charge in [-0.1, -0.05) is 78.5 Å². The number of aryl methyl sites for hydroxylation is 2. The Labute approximate surface area is 236 Å². The maximum absolute atomic E-state index is 12.5. The zero-order valence-electron chi connectivity index (χ0n) is 21.6. The summed E-state index contributed by atoms with van der Waals surface area (Å²) in [5, 5.41) is 15.4. The van der Waals surface area contributed by atoms with E-state index in [-0.39, 0.29) is 11.7 Å². The van der Waals surface area contributed by atoms with Crippen molar-refractivity contribution < 1.29 is 4.79 Å². The smallest absolute Gasteiger partial charge is 0.248 e. The number of rotatable bonds is 9. The zero-order chi connectivity index (χ0) is 27.2. The van der Waals surface area contributed by atoms with Crippen molar-refractivity contribution >= 4 is 56.8 Å². The van der Waals surface area contributed by atoms with Gasteiger partial charge in [0, 0.05) is 47.0 Å². The number of hydrogen-bond acceptors (Lipinski definition) is 5. The standard InChI is InChI=1S/C29H29N7OS2/c1-20(2)18-30-28(38)33-32-27(37)19-39-29-34-31-26(36(29)21-10-4-3-5-11-21)16-17-35-24-14-8-6-12-22(24)23-13-7-9-15-25(23)35/h3-15H,1,16-19H2,2H3,(H,32,37)(H2,30,33,38). The molecule has 2 heterocycles. The van der Waals surface area contributed by atoms with E-state index in [0.29, 0.717) is 23.2 Å². The first-order chi connectivity index (χ1) is 19.0. The molecule has 0 unspecified atom stereocenters. The number of hydrazine groups is 1. The third-order valence-electron chi connectivity index (χ3n) is 6.15. The lowest BCUT2D eigenvalue weighted by Gasteiger charge is -2.13. The van der Waals surface area contributed by atoms with Crippen LogP contribution in [0.15, 0.2) is 96.2 Å². The van der Waals surface area contributed by atoms with Gasteiger partial charge in [-0.2, -0.15) is 0 Å². The van der Waals surface area contributed by atoms with Gasteiger partial charge in [-0.25, -0.2) is 0 Å². The van der Waals surface area contributed by atoms with Crippen LogP contribution in [0.5, 0.6) is 0 Å². The van der Waals surface area contributed by atoms with Gasteiger partial charge in [0.25, 0.3) is 0 Å². The van der Waals surface area contributed by atoms with Crippen molar-refractivity contribution in [2.75, 3.05) is 12.3 Å². The second-order valence-electron chi connectivity index (χ2n) is 9.11. The lowest BCUT2D eigenvalue weighted by Crippen LogP contribution is -2.47. The maximum Gasteiger partial charge on any atom is 0.248 e. The van der Waals surface area contributed by atoms with Crippen molar-refractivity contribution in [3.8, 4) is 5.69 Å². The molecule has 0 atom stereocenters. The van der Waals surface area contributed by atoms with Gasteiger partial charge in [-0.05, 0) is 43.4 Å². The Bertz CT molecular complexity index is 1590. The SMILES string of the molecule is C=C(C)CNC(=S)NNC(=O)CSc1nnc(CCn2c3ccccc3c3ccccc32)n1-c1ccccc1. The molecule has 0 saturated carbocycles. The maximum atomic E-state index is 12.5. The molecule has 39 heavy (non-hydrogen) atoms. The summed E-state index contributed by atoms with van der Waals surface area (Å²) in [6, 6.07) is 26.9. The van der Waals surface area contributed by atoms with E-state index in [2.05, 4.69) is 86.0 Å². The number of thiocarbonyl (C=S) groups is 1. The summed E-state index contributed by atoms with van der Waals surface area (Å²) >= 11 is 6.49. The van der Waals surface area contributed by atoms with Crippen molar-refractivity contribution in [2.24, 2.45) is 0 Å². The van der Waals surface area contributed by atoms with Crippen molar-refractivity contribution in [1.29, 1.82) is 0 Å². The van der Waals surface area contributed by atoms with Crippen molar-refractivity contribution in [3.05, 3.63) is 96.8 Å². The second kappa shape index (κ2) is 12.1. The van der Waals surface area contributed by atoms with E-state index in [1.165, 1.54) is 33.6 Å². The third kappa shape index (κ3) is 6.13. The fourth-order valence-electron chi connectivity index (χ4n) is 4.42. The molecule has 0 aliphatic carbocycles. The fourth-order valence-corrected chi connectivity index (χ4v) is 5.31. The van der Waals surface area contributed by atoms with Crippen LogP contribution in [0.1, 0.15) is 12.7 Å². The van der Waals surface area contributed by atoms with E-state index in [1.807, 2.05) is 41.8 Å². The molecule has 5 aromatic rings. The van der Waals surface area contributed by atoms with Crippen molar-refractivity contribution in [3.63, 3.8) is 0 Å². The molecule has 5 rings (SSSR count). The third-order valence-corrected chi connectivity index (χ3v) is 7.33. The van der Waals surface area contributed by atoms with Crippen molar-refractivity contribution in [2.45, 2.75) is 25.0 Å². The normalized spacial score (nSPS) is 11.0. The predicted molar refractivity (Wildman–Crippen MR) is 162 cm³/mol. The number of nitrogens with zero attached hydrogens (tertiary/aromatic N) is 4. The van der Waals surface area contributed by atoms with E-state index in [0.717, 1.165) is 23.6 Å². The Morgan fingerprint density at radius 2 is 1.56 bits per heavy atom. The Morgan fingerprint density at radius 1 is 0.923 bits per heavy atom. The Balaban J connectivity index is 1.33. The van der Waals surface area contributed by atoms with Gasteiger partial charge in [0.1, 0.15) is 5.82 Å². The highest BCUT2D eigenvalue weighted by molar-refractivity contribution is 7.99. The molecular weight excluding hydrogens is 527 g/mol. The average molecular weight is 556 g/mol. The number of nitrogens with one attached hydrogen (secondary N) is 3. The number of carbonyl (C=O) groups is 1. The number of thioether (sulfide) groups is 1. The predicted octanol–water partition coefficient (Wildman–Crippen LogP) is 4.78. The van der Waals surface area contributed by atoms with E-state index < -0.39 is 0 Å². The molecule has 3 N–H and O–H groups in total. The minimum absolute atomic E-state index is 0.147. The van der Waals surface area contributed by atoms with Crippen LogP contribution in [0.25, 0.3) is 27.5 Å². The Kier molecular flexibility index (Phi) is 8.24. The first kappa shape index (κ1) is 26.5. The van der Waals surface area contributed by atoms with Crippen LogP contribution in [0, 0.1) is 0 Å². The highest BCUT2D eigenvalue weighted by atomic mass is 32.2. The van der Waals surface area contributed by atoms with Gasteiger partial charge >= 0.3 is 0 Å². The summed E-state index contributed by atoms with van der Waals surface area (Å²) in [4.78, 5) is 12.5. The lowest BCUT2D eigenvalue weighted by molar-refractivity contribution is -0.119. The number of hydrogen-bond donors (Lipinski definition) is 3. The molecule has 10 heteroatoms. The molecule has 3 aromatic carbocycles. The molecule has 0 aliphatic heterocycles. The van der Waals surface area contributed by atoms with Crippen LogP contribution in [0.3, 0.4) is 0 Å². The number of aromatic nitrogens is 4. The summed E-state index contributed by atoms with van der Waals surface area (Å²) in [5.41, 5.74) is 9.60. The number of benzene rings is 3. The zero-order valence-corrected chi connectivity index (χ0v) is 23.2. The van der Waals surface area contributed by atoms with Crippen LogP contribution in [0.2, 0.25) is 0 Å². The molecule has 0 saturated heterocycles. The van der Waals surface area contributed by atoms with Crippen LogP contribution in [-0.2, 0) is 17.8 Å². The second-order valence-corrected chi connectivity index (χ2v) is 10.5. The Morgan fingerprint density at radius 3 is 2.23 bits per heavy atom. The summed E-state index contributed by atoms with van der Waals surface area (Å²) < 4.78 is 4.36. The number of para-hydroxylation sites is 3. The number of amides is 1. The number of carbonyl (C=O) groups excluding carboxylic acids is 1. The fraction of sp³-hybridized carbons (Fsp3) is 0.172. The molecule has 0 bridgehead atoms. The highest BCUT2D eigenvalue weighted by Gasteiger charge is 2.17. The molecule has 0 radical (unpaired) electrons. The van der Waals surface area contributed by atoms with Crippen LogP contribution < -0.4 is 16.2 Å². The van der Waals surface area contributed by atoms with Crippen LogP contribution in [-0.4, -0.2) is 42.6 Å². The monoisotopic (exact) mass is 555 g/mol. The van der Waals surface area contributed by atoms with Gasteiger partial charge in [0.2, 0.25) is 5.91 Å². The van der Waals surface area contributed by atoms with Gasteiger partial charge < -0.3 is 9.88 Å². The summed E-state index contributed by atoms with van der Waals surface area (Å²) in [5.74, 6) is 0.747. The molecule has 1 amide bonds. The van der Waals surface area contributed by atoms with Crippen molar-refractivity contribution in [1.82, 2.24) is 35.5 Å². The van der Waals surface area contributed by atoms with Gasteiger partial charge in [-0.3, -0.25) is 20.2 Å². The molecule has 0 spiro atoms. The summed E-state index contributed by atoms with van der Waals surface area (Å²) in [7, 11) is 0. The molecule has 0 fully saturated rings. The van der Waals surface area contributed by atoms with Crippen LogP contribution in [0.4, 0.5) is 0 Å². The molecular formula is C29H29N7OS2. The van der Waals surface area contributed by atoms with Gasteiger partial charge in [0.15, 0.2) is 10.3 Å². The quantitative estimate of drug-likeness (QED) is 0.104. The largest absolute Gasteiger partial charge is 0.358 e.